The maximum atomic E-state index is 14.5. The molecule has 8 nitrogen and oxygen atoms in total. The highest BCUT2D eigenvalue weighted by atomic mass is 19.1. The number of aromatic nitrogens is 2. The van der Waals surface area contributed by atoms with Crippen molar-refractivity contribution in [3.05, 3.63) is 47.2 Å². The summed E-state index contributed by atoms with van der Waals surface area (Å²) in [5.74, 6) is 4.43. The average molecular weight is 383 g/mol. The van der Waals surface area contributed by atoms with Gasteiger partial charge in [0.05, 0.1) is 17.7 Å². The molecule has 2 heterocycles. The number of carbonyl (C=O) groups excluding carboxylic acids is 1. The number of fused-ring (bicyclic) bond motifs is 3. The summed E-state index contributed by atoms with van der Waals surface area (Å²) >= 11 is 0. The van der Waals surface area contributed by atoms with E-state index < -0.39 is 17.3 Å². The van der Waals surface area contributed by atoms with Gasteiger partial charge in [-0.05, 0) is 13.0 Å². The zero-order valence-electron chi connectivity index (χ0n) is 15.0. The molecule has 1 atom stereocenters. The smallest absolute Gasteiger partial charge is 0.268 e. The Morgan fingerprint density at radius 1 is 1.54 bits per heavy atom. The molecule has 6 N–H and O–H groups in total. The number of aliphatic hydroxyl groups is 1. The number of halogens is 1. The van der Waals surface area contributed by atoms with Crippen molar-refractivity contribution in [2.75, 3.05) is 6.61 Å². The molecular weight excluding hydrogens is 365 g/mol. The molecule has 9 heteroatoms. The van der Waals surface area contributed by atoms with E-state index in [0.29, 0.717) is 17.9 Å². The van der Waals surface area contributed by atoms with Gasteiger partial charge in [-0.25, -0.2) is 9.37 Å². The SMILES string of the molecule is CC(O)(C#Cc1cc2c(cc1F)OCCn1cc(C(N)=O)nc1-2)/C(C=N)=C/N. The highest BCUT2D eigenvalue weighted by Gasteiger charge is 2.23. The number of nitrogens with one attached hydrogen (secondary N) is 1. The first-order valence-electron chi connectivity index (χ1n) is 8.29. The Kier molecular flexibility index (Phi) is 4.90. The summed E-state index contributed by atoms with van der Waals surface area (Å²) < 4.78 is 21.8. The normalized spacial score (nSPS) is 15.0. The topological polar surface area (TPSA) is 140 Å². The maximum absolute atomic E-state index is 14.5. The molecular formula is C19H18FN5O3. The van der Waals surface area contributed by atoms with Crippen LogP contribution in [0.5, 0.6) is 5.75 Å². The Morgan fingerprint density at radius 3 is 2.93 bits per heavy atom. The van der Waals surface area contributed by atoms with Crippen molar-refractivity contribution in [1.29, 1.82) is 5.41 Å². The van der Waals surface area contributed by atoms with E-state index in [9.17, 15) is 14.3 Å². The molecule has 0 radical (unpaired) electrons. The molecule has 0 aliphatic carbocycles. The van der Waals surface area contributed by atoms with Crippen molar-refractivity contribution in [2.24, 2.45) is 11.5 Å². The highest BCUT2D eigenvalue weighted by Crippen LogP contribution is 2.34. The largest absolute Gasteiger partial charge is 0.491 e. The number of ether oxygens (including phenoxy) is 1. The zero-order valence-corrected chi connectivity index (χ0v) is 15.0. The first-order chi connectivity index (χ1) is 13.3. The molecule has 2 aromatic rings. The summed E-state index contributed by atoms with van der Waals surface area (Å²) in [6.45, 7) is 2.02. The standard InChI is InChI=1S/C19H18FN5O3/c1-19(27,12(8-21)9-22)3-2-11-6-13-16(7-14(11)20)28-5-4-25-10-15(17(23)26)24-18(13)25/h6-10,21,27H,4-5,22H2,1H3,(H2,23,26)/b12-9+,21-8?. The molecule has 28 heavy (non-hydrogen) atoms. The van der Waals surface area contributed by atoms with E-state index in [1.807, 2.05) is 0 Å². The number of nitrogens with zero attached hydrogens (tertiary/aromatic N) is 2. The maximum Gasteiger partial charge on any atom is 0.268 e. The van der Waals surface area contributed by atoms with Crippen LogP contribution in [0.1, 0.15) is 23.0 Å². The molecule has 1 aliphatic rings. The summed E-state index contributed by atoms with van der Waals surface area (Å²) in [6.07, 6.45) is 3.45. The molecule has 3 rings (SSSR count). The molecule has 0 saturated carbocycles. The lowest BCUT2D eigenvalue weighted by Crippen LogP contribution is -2.26. The van der Waals surface area contributed by atoms with Crippen LogP contribution in [0, 0.1) is 23.1 Å². The van der Waals surface area contributed by atoms with Crippen molar-refractivity contribution in [3.63, 3.8) is 0 Å². The third-order valence-electron chi connectivity index (χ3n) is 4.27. The molecule has 1 aliphatic heterocycles. The fourth-order valence-electron chi connectivity index (χ4n) is 2.73. The van der Waals surface area contributed by atoms with Gasteiger partial charge in [-0.1, -0.05) is 11.8 Å². The Morgan fingerprint density at radius 2 is 2.29 bits per heavy atom. The quantitative estimate of drug-likeness (QED) is 0.458. The molecule has 1 aromatic carbocycles. The predicted octanol–water partition coefficient (Wildman–Crippen LogP) is 0.775. The van der Waals surface area contributed by atoms with Crippen LogP contribution in [-0.4, -0.2) is 39.0 Å². The molecule has 0 spiro atoms. The van der Waals surface area contributed by atoms with Gasteiger partial charge in [0.15, 0.2) is 5.60 Å². The van der Waals surface area contributed by atoms with Crippen LogP contribution in [0.4, 0.5) is 4.39 Å². The second kappa shape index (κ2) is 7.17. The van der Waals surface area contributed by atoms with Gasteiger partial charge < -0.3 is 31.3 Å². The van der Waals surface area contributed by atoms with Gasteiger partial charge in [0.25, 0.3) is 5.91 Å². The van der Waals surface area contributed by atoms with Gasteiger partial charge in [0, 0.05) is 30.3 Å². The lowest BCUT2D eigenvalue weighted by molar-refractivity contribution is 0.0996. The number of hydrogen-bond donors (Lipinski definition) is 4. The fourth-order valence-corrected chi connectivity index (χ4v) is 2.73. The molecule has 144 valence electrons. The Balaban J connectivity index is 2.11. The number of hydrogen-bond acceptors (Lipinski definition) is 6. The van der Waals surface area contributed by atoms with E-state index in [4.69, 9.17) is 21.6 Å². The minimum Gasteiger partial charge on any atom is -0.491 e. The van der Waals surface area contributed by atoms with Crippen molar-refractivity contribution >= 4 is 12.1 Å². The first kappa shape index (κ1) is 19.1. The van der Waals surface area contributed by atoms with Crippen molar-refractivity contribution < 1.29 is 19.0 Å². The zero-order chi connectivity index (χ0) is 20.5. The second-order valence-corrected chi connectivity index (χ2v) is 6.27. The lowest BCUT2D eigenvalue weighted by atomic mass is 9.97. The number of primary amides is 1. The number of benzene rings is 1. The van der Waals surface area contributed by atoms with Crippen LogP contribution in [-0.2, 0) is 6.54 Å². The Hall–Kier alpha value is -3.64. The number of amides is 1. The van der Waals surface area contributed by atoms with Gasteiger partial charge in [-0.3, -0.25) is 4.79 Å². The number of carbonyl (C=O) groups is 1. The number of rotatable bonds is 3. The van der Waals surface area contributed by atoms with Crippen molar-refractivity contribution in [3.8, 4) is 29.0 Å². The number of nitrogens with two attached hydrogens (primary N) is 2. The van der Waals surface area contributed by atoms with Crippen LogP contribution in [0.2, 0.25) is 0 Å². The molecule has 0 saturated heterocycles. The van der Waals surface area contributed by atoms with Gasteiger partial charge in [-0.15, -0.1) is 0 Å². The molecule has 1 aromatic heterocycles. The second-order valence-electron chi connectivity index (χ2n) is 6.27. The van der Waals surface area contributed by atoms with E-state index in [2.05, 4.69) is 16.8 Å². The van der Waals surface area contributed by atoms with E-state index >= 15 is 0 Å². The van der Waals surface area contributed by atoms with Crippen LogP contribution in [0.3, 0.4) is 0 Å². The number of imidazole rings is 1. The minimum absolute atomic E-state index is 0.0129. The molecule has 0 fully saturated rings. The van der Waals surface area contributed by atoms with Gasteiger partial charge in [0.2, 0.25) is 0 Å². The van der Waals surface area contributed by atoms with Crippen LogP contribution < -0.4 is 16.2 Å². The van der Waals surface area contributed by atoms with E-state index in [0.717, 1.165) is 12.4 Å². The van der Waals surface area contributed by atoms with Crippen LogP contribution in [0.15, 0.2) is 30.1 Å². The van der Waals surface area contributed by atoms with Gasteiger partial charge in [0.1, 0.15) is 29.7 Å². The Bertz CT molecular complexity index is 1060. The Labute approximate surface area is 160 Å². The summed E-state index contributed by atoms with van der Waals surface area (Å²) in [7, 11) is 0. The minimum atomic E-state index is -1.73. The van der Waals surface area contributed by atoms with Crippen LogP contribution in [0.25, 0.3) is 11.4 Å². The van der Waals surface area contributed by atoms with Gasteiger partial charge >= 0.3 is 0 Å². The van der Waals surface area contributed by atoms with Crippen molar-refractivity contribution in [2.45, 2.75) is 19.1 Å². The molecule has 1 unspecified atom stereocenters. The van der Waals surface area contributed by atoms with E-state index in [1.54, 1.807) is 4.57 Å². The van der Waals surface area contributed by atoms with Crippen LogP contribution >= 0.6 is 0 Å². The van der Waals surface area contributed by atoms with E-state index in [-0.39, 0.29) is 29.2 Å². The lowest BCUT2D eigenvalue weighted by Gasteiger charge is -2.16. The summed E-state index contributed by atoms with van der Waals surface area (Å²) in [5.41, 5.74) is 9.53. The van der Waals surface area contributed by atoms with E-state index in [1.165, 1.54) is 25.3 Å². The predicted molar refractivity (Wildman–Crippen MR) is 100 cm³/mol. The fraction of sp³-hybridized carbons (Fsp3) is 0.211. The monoisotopic (exact) mass is 383 g/mol. The molecule has 0 bridgehead atoms. The van der Waals surface area contributed by atoms with Gasteiger partial charge in [-0.2, -0.15) is 0 Å². The van der Waals surface area contributed by atoms with Crippen molar-refractivity contribution in [1.82, 2.24) is 9.55 Å². The third kappa shape index (κ3) is 3.45. The summed E-state index contributed by atoms with van der Waals surface area (Å²) in [6, 6.07) is 2.61. The summed E-state index contributed by atoms with van der Waals surface area (Å²) in [4.78, 5) is 15.7. The average Bonchev–Trinajstić information content (AvgIpc) is 2.99. The highest BCUT2D eigenvalue weighted by molar-refractivity contribution is 5.91. The molecule has 1 amide bonds. The third-order valence-corrected chi connectivity index (χ3v) is 4.27. The first-order valence-corrected chi connectivity index (χ1v) is 8.29. The summed E-state index contributed by atoms with van der Waals surface area (Å²) in [5, 5.41) is 17.6.